The van der Waals surface area contributed by atoms with E-state index in [-0.39, 0.29) is 6.10 Å². The molecule has 82 valence electrons. The molecule has 0 amide bonds. The summed E-state index contributed by atoms with van der Waals surface area (Å²) >= 11 is 0. The summed E-state index contributed by atoms with van der Waals surface area (Å²) in [5.41, 5.74) is 1.31. The molecule has 1 nitrogen and oxygen atoms in total. The summed E-state index contributed by atoms with van der Waals surface area (Å²) in [4.78, 5) is 0. The van der Waals surface area contributed by atoms with Crippen molar-refractivity contribution in [1.29, 1.82) is 0 Å². The lowest BCUT2D eigenvalue weighted by Gasteiger charge is -2.09. The maximum atomic E-state index is 9.70. The maximum Gasteiger partial charge on any atom is 0.0543 e. The van der Waals surface area contributed by atoms with E-state index in [0.717, 1.165) is 32.1 Å². The minimum Gasteiger partial charge on any atom is -0.393 e. The van der Waals surface area contributed by atoms with Crippen LogP contribution in [0, 0.1) is 0 Å². The first-order chi connectivity index (χ1) is 7.33. The van der Waals surface area contributed by atoms with Crippen LogP contribution in [0.2, 0.25) is 0 Å². The summed E-state index contributed by atoms with van der Waals surface area (Å²) in [6, 6.07) is 10.3. The van der Waals surface area contributed by atoms with E-state index in [4.69, 9.17) is 0 Å². The molecule has 1 atom stereocenters. The molecule has 0 aliphatic heterocycles. The Morgan fingerprint density at radius 3 is 2.60 bits per heavy atom. The van der Waals surface area contributed by atoms with Crippen LogP contribution in [0.4, 0.5) is 0 Å². The zero-order valence-corrected chi connectivity index (χ0v) is 9.23. The third-order valence-corrected chi connectivity index (χ3v) is 2.55. The Hall–Kier alpha value is -1.08. The molecule has 0 radical (unpaired) electrons. The van der Waals surface area contributed by atoms with Gasteiger partial charge in [-0.2, -0.15) is 0 Å². The molecule has 0 aromatic heterocycles. The van der Waals surface area contributed by atoms with Crippen molar-refractivity contribution in [1.82, 2.24) is 0 Å². The zero-order chi connectivity index (χ0) is 10.9. The summed E-state index contributed by atoms with van der Waals surface area (Å²) in [7, 11) is 0. The molecule has 0 spiro atoms. The van der Waals surface area contributed by atoms with Gasteiger partial charge in [-0.15, -0.1) is 6.58 Å². The summed E-state index contributed by atoms with van der Waals surface area (Å²) in [6.07, 6.45) is 6.51. The second-order valence-electron chi connectivity index (χ2n) is 3.90. The van der Waals surface area contributed by atoms with Gasteiger partial charge in [-0.05, 0) is 37.7 Å². The number of allylic oxidation sites excluding steroid dienone is 1. The van der Waals surface area contributed by atoms with Crippen molar-refractivity contribution in [3.63, 3.8) is 0 Å². The lowest BCUT2D eigenvalue weighted by atomic mass is 10.0. The van der Waals surface area contributed by atoms with Crippen LogP contribution in [-0.2, 0) is 6.42 Å². The van der Waals surface area contributed by atoms with Crippen LogP contribution in [0.3, 0.4) is 0 Å². The van der Waals surface area contributed by atoms with Gasteiger partial charge in [0.1, 0.15) is 0 Å². The number of aliphatic hydroxyl groups excluding tert-OH is 1. The Morgan fingerprint density at radius 1 is 1.20 bits per heavy atom. The number of rotatable bonds is 7. The van der Waals surface area contributed by atoms with Gasteiger partial charge >= 0.3 is 0 Å². The molecule has 1 unspecified atom stereocenters. The molecule has 0 aliphatic rings. The molecule has 0 saturated carbocycles. The van der Waals surface area contributed by atoms with Gasteiger partial charge in [0.15, 0.2) is 0 Å². The molecule has 0 saturated heterocycles. The highest BCUT2D eigenvalue weighted by atomic mass is 16.3. The summed E-state index contributed by atoms with van der Waals surface area (Å²) < 4.78 is 0. The normalized spacial score (nSPS) is 12.3. The largest absolute Gasteiger partial charge is 0.393 e. The van der Waals surface area contributed by atoms with E-state index in [0.29, 0.717) is 0 Å². The Morgan fingerprint density at radius 2 is 1.93 bits per heavy atom. The second kappa shape index (κ2) is 7.24. The average Bonchev–Trinajstić information content (AvgIpc) is 2.28. The summed E-state index contributed by atoms with van der Waals surface area (Å²) in [5.74, 6) is 0. The van der Waals surface area contributed by atoms with Gasteiger partial charge in [-0.1, -0.05) is 36.4 Å². The van der Waals surface area contributed by atoms with E-state index >= 15 is 0 Å². The van der Waals surface area contributed by atoms with Crippen molar-refractivity contribution in [3.8, 4) is 0 Å². The van der Waals surface area contributed by atoms with Gasteiger partial charge in [-0.25, -0.2) is 0 Å². The highest BCUT2D eigenvalue weighted by Crippen LogP contribution is 2.09. The van der Waals surface area contributed by atoms with Gasteiger partial charge in [0.25, 0.3) is 0 Å². The Balaban J connectivity index is 2.16. The van der Waals surface area contributed by atoms with Crippen molar-refractivity contribution in [2.75, 3.05) is 0 Å². The zero-order valence-electron chi connectivity index (χ0n) is 9.23. The highest BCUT2D eigenvalue weighted by Gasteiger charge is 2.03. The molecule has 1 aromatic carbocycles. The second-order valence-corrected chi connectivity index (χ2v) is 3.90. The van der Waals surface area contributed by atoms with Gasteiger partial charge < -0.3 is 5.11 Å². The lowest BCUT2D eigenvalue weighted by Crippen LogP contribution is -2.07. The minimum atomic E-state index is -0.162. The van der Waals surface area contributed by atoms with E-state index in [1.165, 1.54) is 5.56 Å². The fourth-order valence-electron chi connectivity index (χ4n) is 1.62. The van der Waals surface area contributed by atoms with E-state index in [2.05, 4.69) is 18.7 Å². The van der Waals surface area contributed by atoms with Gasteiger partial charge in [0.05, 0.1) is 6.10 Å². The van der Waals surface area contributed by atoms with E-state index in [1.807, 2.05) is 24.3 Å². The number of benzene rings is 1. The molecular weight excluding hydrogens is 184 g/mol. The number of aliphatic hydroxyl groups is 1. The number of hydrogen-bond donors (Lipinski definition) is 1. The number of hydrogen-bond acceptors (Lipinski definition) is 1. The molecule has 0 aliphatic carbocycles. The number of unbranched alkanes of at least 4 members (excludes halogenated alkanes) is 1. The van der Waals surface area contributed by atoms with Crippen LogP contribution < -0.4 is 0 Å². The van der Waals surface area contributed by atoms with Gasteiger partial charge in [-0.3, -0.25) is 0 Å². The van der Waals surface area contributed by atoms with Gasteiger partial charge in [0, 0.05) is 0 Å². The molecular formula is C14H20O. The van der Waals surface area contributed by atoms with Crippen LogP contribution in [0.1, 0.15) is 31.2 Å². The SMILES string of the molecule is C=CCCCC(O)CCc1ccccc1. The first kappa shape index (κ1) is 12.0. The molecule has 0 heterocycles. The van der Waals surface area contributed by atoms with E-state index < -0.39 is 0 Å². The van der Waals surface area contributed by atoms with Crippen molar-refractivity contribution in [2.45, 2.75) is 38.2 Å². The monoisotopic (exact) mass is 204 g/mol. The third-order valence-electron chi connectivity index (χ3n) is 2.55. The van der Waals surface area contributed by atoms with Crippen molar-refractivity contribution in [2.24, 2.45) is 0 Å². The standard InChI is InChI=1S/C14H20O/c1-2-3-5-10-14(15)12-11-13-8-6-4-7-9-13/h2,4,6-9,14-15H,1,3,5,10-12H2. The highest BCUT2D eigenvalue weighted by molar-refractivity contribution is 5.14. The van der Waals surface area contributed by atoms with Gasteiger partial charge in [0.2, 0.25) is 0 Å². The van der Waals surface area contributed by atoms with E-state index in [9.17, 15) is 5.11 Å². The predicted molar refractivity (Wildman–Crippen MR) is 64.8 cm³/mol. The molecule has 0 bridgehead atoms. The van der Waals surface area contributed by atoms with Crippen LogP contribution in [-0.4, -0.2) is 11.2 Å². The Labute approximate surface area is 92.5 Å². The quantitative estimate of drug-likeness (QED) is 0.533. The van der Waals surface area contributed by atoms with Crippen LogP contribution >= 0.6 is 0 Å². The number of aryl methyl sites for hydroxylation is 1. The minimum absolute atomic E-state index is 0.162. The maximum absolute atomic E-state index is 9.70. The molecule has 1 rings (SSSR count). The van der Waals surface area contributed by atoms with E-state index in [1.54, 1.807) is 0 Å². The first-order valence-electron chi connectivity index (χ1n) is 5.66. The topological polar surface area (TPSA) is 20.2 Å². The van der Waals surface area contributed by atoms with Crippen molar-refractivity contribution < 1.29 is 5.11 Å². The molecule has 0 fully saturated rings. The molecule has 15 heavy (non-hydrogen) atoms. The molecule has 1 heteroatoms. The average molecular weight is 204 g/mol. The summed E-state index contributed by atoms with van der Waals surface area (Å²) in [6.45, 7) is 3.67. The summed E-state index contributed by atoms with van der Waals surface area (Å²) in [5, 5.41) is 9.70. The van der Waals surface area contributed by atoms with Crippen molar-refractivity contribution in [3.05, 3.63) is 48.6 Å². The smallest absolute Gasteiger partial charge is 0.0543 e. The fraction of sp³-hybridized carbons (Fsp3) is 0.429. The Bertz CT molecular complexity index is 266. The fourth-order valence-corrected chi connectivity index (χ4v) is 1.62. The Kier molecular flexibility index (Phi) is 5.79. The van der Waals surface area contributed by atoms with Crippen molar-refractivity contribution >= 4 is 0 Å². The van der Waals surface area contributed by atoms with Crippen LogP contribution in [0.25, 0.3) is 0 Å². The van der Waals surface area contributed by atoms with Crippen LogP contribution in [0.5, 0.6) is 0 Å². The molecule has 1 aromatic rings. The predicted octanol–water partition coefficient (Wildman–Crippen LogP) is 3.34. The third kappa shape index (κ3) is 5.38. The molecule has 1 N–H and O–H groups in total. The van der Waals surface area contributed by atoms with Crippen LogP contribution in [0.15, 0.2) is 43.0 Å². The first-order valence-corrected chi connectivity index (χ1v) is 5.66. The lowest BCUT2D eigenvalue weighted by molar-refractivity contribution is 0.152.